The third kappa shape index (κ3) is 4.02. The Kier molecular flexibility index (Phi) is 4.60. The largest absolute Gasteiger partial charge is 0.455 e. The fourth-order valence-electron chi connectivity index (χ4n) is 5.78. The molecule has 206 valence electrons. The van der Waals surface area contributed by atoms with Crippen LogP contribution in [0.2, 0.25) is 0 Å². The molecule has 0 saturated carbocycles. The van der Waals surface area contributed by atoms with Gasteiger partial charge in [0, 0.05) is 53.2 Å². The van der Waals surface area contributed by atoms with Gasteiger partial charge in [-0.05, 0) is 35.9 Å². The number of fused-ring (bicyclic) bond motifs is 6. The smallest absolute Gasteiger partial charge is 0.165 e. The first-order valence-electron chi connectivity index (χ1n) is 16.6. The fraction of sp³-hybridized carbons (Fsp3) is 0. The van der Waals surface area contributed by atoms with Gasteiger partial charge in [-0.25, -0.2) is 15.0 Å². The predicted octanol–water partition coefficient (Wildman–Crippen LogP) is 10.8. The zero-order valence-electron chi connectivity index (χ0n) is 28.1. The first-order chi connectivity index (χ1) is 23.9. The third-order valence-corrected chi connectivity index (χ3v) is 9.06. The summed E-state index contributed by atoms with van der Waals surface area (Å²) in [6.07, 6.45) is 0. The van der Waals surface area contributed by atoms with Crippen LogP contribution in [0.15, 0.2) is 144 Å². The van der Waals surface area contributed by atoms with Gasteiger partial charge >= 0.3 is 0 Å². The summed E-state index contributed by atoms with van der Waals surface area (Å²) >= 11 is 1.72. The number of benzene rings is 6. The Balaban J connectivity index is 1.25. The van der Waals surface area contributed by atoms with Crippen LogP contribution in [0.25, 0.3) is 87.4 Å². The maximum Gasteiger partial charge on any atom is 0.165 e. The molecule has 0 unspecified atom stereocenters. The second kappa shape index (κ2) is 9.97. The normalized spacial score (nSPS) is 13.2. The van der Waals surface area contributed by atoms with E-state index in [0.29, 0.717) is 34.2 Å². The van der Waals surface area contributed by atoms with Gasteiger partial charge in [-0.3, -0.25) is 0 Å². The Morgan fingerprint density at radius 3 is 2.09 bits per heavy atom. The number of thiophene rings is 1. The highest BCUT2D eigenvalue weighted by Gasteiger charge is 2.18. The monoisotopic (exact) mass is 586 g/mol. The highest BCUT2D eigenvalue weighted by atomic mass is 32.1. The molecular weight excluding hydrogens is 559 g/mol. The number of hydrogen-bond donors (Lipinski definition) is 0. The van der Waals surface area contributed by atoms with Crippen molar-refractivity contribution in [3.8, 4) is 45.3 Å². The van der Waals surface area contributed by atoms with Gasteiger partial charge in [-0.2, -0.15) is 0 Å². The number of rotatable bonds is 4. The van der Waals surface area contributed by atoms with Gasteiger partial charge in [-0.1, -0.05) is 109 Å². The van der Waals surface area contributed by atoms with Crippen LogP contribution < -0.4 is 0 Å². The molecule has 0 N–H and O–H groups in total. The predicted molar refractivity (Wildman–Crippen MR) is 182 cm³/mol. The van der Waals surface area contributed by atoms with E-state index in [-0.39, 0.29) is 17.6 Å². The Hall–Kier alpha value is -5.65. The average molecular weight is 587 g/mol. The van der Waals surface area contributed by atoms with E-state index in [1.54, 1.807) is 23.5 Å². The quantitative estimate of drug-likeness (QED) is 0.206. The molecule has 0 amide bonds. The van der Waals surface area contributed by atoms with Crippen molar-refractivity contribution in [3.05, 3.63) is 139 Å². The van der Waals surface area contributed by atoms with Crippen LogP contribution in [0.1, 0.15) is 6.85 Å². The molecule has 4 nitrogen and oxygen atoms in total. The molecule has 0 atom stereocenters. The molecule has 6 aromatic carbocycles. The zero-order valence-corrected chi connectivity index (χ0v) is 23.9. The summed E-state index contributed by atoms with van der Waals surface area (Å²) in [7, 11) is 0. The molecule has 44 heavy (non-hydrogen) atoms. The average Bonchev–Trinajstić information content (AvgIpc) is 3.72. The summed E-state index contributed by atoms with van der Waals surface area (Å²) in [5, 5.41) is 3.88. The second-order valence-electron chi connectivity index (χ2n) is 10.4. The van der Waals surface area contributed by atoms with Gasteiger partial charge in [-0.15, -0.1) is 11.3 Å². The molecule has 0 radical (unpaired) electrons. The molecule has 0 aliphatic rings. The van der Waals surface area contributed by atoms with Crippen molar-refractivity contribution in [1.29, 1.82) is 0 Å². The molecule has 0 fully saturated rings. The number of nitrogens with zero attached hydrogens (tertiary/aromatic N) is 3. The lowest BCUT2D eigenvalue weighted by Crippen LogP contribution is -2.00. The highest BCUT2D eigenvalue weighted by molar-refractivity contribution is 7.26. The lowest BCUT2D eigenvalue weighted by molar-refractivity contribution is 0.670. The molecule has 0 aliphatic heterocycles. The summed E-state index contributed by atoms with van der Waals surface area (Å²) in [5.41, 5.74) is 4.11. The topological polar surface area (TPSA) is 51.8 Å². The molecule has 3 aromatic heterocycles. The van der Waals surface area contributed by atoms with E-state index in [4.69, 9.17) is 26.2 Å². The SMILES string of the molecule is [2H]c1c([2H])c([2H])c(-c2cccc3c2oc2ccc(-c4nc(-c5ccccc5)nc(-c5cccc6c5sc5ccccc56)n4)cc23)c([2H])c1[2H]. The molecule has 0 aliphatic carbocycles. The van der Waals surface area contributed by atoms with Gasteiger partial charge in [0.25, 0.3) is 0 Å². The van der Waals surface area contributed by atoms with Crippen LogP contribution in [-0.2, 0) is 0 Å². The molecule has 9 aromatic rings. The van der Waals surface area contributed by atoms with E-state index >= 15 is 0 Å². The standard InChI is InChI=1S/C39H23N3OS/c1-3-11-24(12-4-1)27-16-9-17-29-32-23-26(21-22-33(32)43-35(27)29)38-40-37(25-13-5-2-6-14-25)41-39(42-38)31-19-10-18-30-28-15-7-8-20-34(28)44-36(30)31/h1-23H/i1D,3D,4D,11D,12D. The van der Waals surface area contributed by atoms with E-state index in [1.807, 2.05) is 60.7 Å². The van der Waals surface area contributed by atoms with E-state index in [2.05, 4.69) is 36.4 Å². The van der Waals surface area contributed by atoms with E-state index in [9.17, 15) is 0 Å². The molecule has 5 heteroatoms. The van der Waals surface area contributed by atoms with E-state index < -0.39 is 18.1 Å². The van der Waals surface area contributed by atoms with Crippen LogP contribution >= 0.6 is 11.3 Å². The highest BCUT2D eigenvalue weighted by Crippen LogP contribution is 2.40. The van der Waals surface area contributed by atoms with Crippen molar-refractivity contribution < 1.29 is 11.3 Å². The van der Waals surface area contributed by atoms with Crippen LogP contribution in [0.5, 0.6) is 0 Å². The van der Waals surface area contributed by atoms with Crippen LogP contribution in [-0.4, -0.2) is 15.0 Å². The van der Waals surface area contributed by atoms with Gasteiger partial charge in [0.05, 0.1) is 6.85 Å². The van der Waals surface area contributed by atoms with Gasteiger partial charge in [0.1, 0.15) is 11.2 Å². The molecule has 9 rings (SSSR count). The Bertz CT molecular complexity index is 2770. The fourth-order valence-corrected chi connectivity index (χ4v) is 7.00. The van der Waals surface area contributed by atoms with Crippen LogP contribution in [0, 0.1) is 0 Å². The zero-order chi connectivity index (χ0) is 33.4. The summed E-state index contributed by atoms with van der Waals surface area (Å²) in [6.45, 7) is 0. The summed E-state index contributed by atoms with van der Waals surface area (Å²) in [5.74, 6) is 1.63. The van der Waals surface area contributed by atoms with Gasteiger partial charge < -0.3 is 4.42 Å². The Morgan fingerprint density at radius 1 is 0.523 bits per heavy atom. The van der Waals surface area contributed by atoms with Crippen molar-refractivity contribution in [1.82, 2.24) is 15.0 Å². The van der Waals surface area contributed by atoms with Crippen molar-refractivity contribution in [2.24, 2.45) is 0 Å². The molecule has 3 heterocycles. The first-order valence-corrected chi connectivity index (χ1v) is 14.9. The van der Waals surface area contributed by atoms with Gasteiger partial charge in [0.2, 0.25) is 0 Å². The Morgan fingerprint density at radius 2 is 1.23 bits per heavy atom. The van der Waals surface area contributed by atoms with Gasteiger partial charge in [0.15, 0.2) is 17.5 Å². The third-order valence-electron chi connectivity index (χ3n) is 7.84. The second-order valence-corrected chi connectivity index (χ2v) is 11.5. The lowest BCUT2D eigenvalue weighted by Gasteiger charge is -2.09. The van der Waals surface area contributed by atoms with Crippen molar-refractivity contribution in [2.75, 3.05) is 0 Å². The summed E-state index contributed by atoms with van der Waals surface area (Å²) in [6, 6.07) is 33.8. The van der Waals surface area contributed by atoms with Crippen LogP contribution in [0.3, 0.4) is 0 Å². The van der Waals surface area contributed by atoms with E-state index in [0.717, 1.165) is 37.5 Å². The number of aromatic nitrogens is 3. The maximum absolute atomic E-state index is 8.56. The minimum atomic E-state index is -0.435. The van der Waals surface area contributed by atoms with Crippen molar-refractivity contribution in [2.45, 2.75) is 0 Å². The minimum Gasteiger partial charge on any atom is -0.455 e. The summed E-state index contributed by atoms with van der Waals surface area (Å²) < 4.78 is 50.2. The summed E-state index contributed by atoms with van der Waals surface area (Å²) in [4.78, 5) is 15.0. The maximum atomic E-state index is 8.56. The lowest BCUT2D eigenvalue weighted by atomic mass is 10.0. The first kappa shape index (κ1) is 20.3. The molecule has 0 spiro atoms. The van der Waals surface area contributed by atoms with Crippen molar-refractivity contribution >= 4 is 53.4 Å². The molecular formula is C39H23N3OS. The van der Waals surface area contributed by atoms with Crippen molar-refractivity contribution in [3.63, 3.8) is 0 Å². The molecule has 0 saturated heterocycles. The Labute approximate surface area is 264 Å². The van der Waals surface area contributed by atoms with Crippen LogP contribution in [0.4, 0.5) is 0 Å². The minimum absolute atomic E-state index is 0.0981. The number of para-hydroxylation sites is 1. The number of hydrogen-bond acceptors (Lipinski definition) is 5. The van der Waals surface area contributed by atoms with E-state index in [1.165, 1.54) is 10.1 Å². The number of furan rings is 1. The molecule has 0 bridgehead atoms.